The Labute approximate surface area is 139 Å². The van der Waals surface area contributed by atoms with E-state index in [-0.39, 0.29) is 11.6 Å². The third kappa shape index (κ3) is 3.96. The number of amides is 1. The number of carbonyl (C=O) groups excluding carboxylic acids is 1. The van der Waals surface area contributed by atoms with Crippen LogP contribution in [0.2, 0.25) is 0 Å². The summed E-state index contributed by atoms with van der Waals surface area (Å²) < 4.78 is 10.8. The van der Waals surface area contributed by atoms with Crippen LogP contribution in [0.15, 0.2) is 24.3 Å². The van der Waals surface area contributed by atoms with E-state index in [0.29, 0.717) is 0 Å². The summed E-state index contributed by atoms with van der Waals surface area (Å²) in [6.45, 7) is 7.42. The van der Waals surface area contributed by atoms with Crippen LogP contribution in [0.1, 0.15) is 39.2 Å². The van der Waals surface area contributed by atoms with E-state index in [0.717, 1.165) is 37.2 Å². The first-order valence-corrected chi connectivity index (χ1v) is 8.10. The molecule has 0 bridgehead atoms. The van der Waals surface area contributed by atoms with Crippen LogP contribution in [-0.4, -0.2) is 43.8 Å². The summed E-state index contributed by atoms with van der Waals surface area (Å²) >= 11 is 0. The minimum absolute atomic E-state index is 0.282. The highest BCUT2D eigenvalue weighted by atomic mass is 16.6. The van der Waals surface area contributed by atoms with Gasteiger partial charge in [-0.2, -0.15) is 0 Å². The summed E-state index contributed by atoms with van der Waals surface area (Å²) in [6, 6.07) is 7.99. The van der Waals surface area contributed by atoms with Crippen LogP contribution >= 0.6 is 0 Å². The van der Waals surface area contributed by atoms with Gasteiger partial charge in [0.25, 0.3) is 0 Å². The predicted molar refractivity (Wildman–Crippen MR) is 90.8 cm³/mol. The number of ether oxygens (including phenoxy) is 2. The van der Waals surface area contributed by atoms with E-state index in [9.17, 15) is 4.79 Å². The van der Waals surface area contributed by atoms with Crippen molar-refractivity contribution in [3.8, 4) is 5.75 Å². The molecule has 5 heteroatoms. The number of hydrogen-bond acceptors (Lipinski definition) is 4. The smallest absolute Gasteiger partial charge is 0.410 e. The molecule has 1 saturated heterocycles. The molecule has 2 rings (SSSR count). The number of piperidine rings is 1. The maximum Gasteiger partial charge on any atom is 0.410 e. The van der Waals surface area contributed by atoms with Gasteiger partial charge >= 0.3 is 6.09 Å². The lowest BCUT2D eigenvalue weighted by Crippen LogP contribution is -2.53. The molecule has 0 saturated carbocycles. The molecule has 0 unspecified atom stereocenters. The van der Waals surface area contributed by atoms with E-state index in [1.54, 1.807) is 12.0 Å². The zero-order valence-electron chi connectivity index (χ0n) is 14.8. The Balaban J connectivity index is 2.32. The molecule has 1 aromatic rings. The molecule has 0 radical (unpaired) electrons. The Kier molecular flexibility index (Phi) is 5.19. The van der Waals surface area contributed by atoms with Gasteiger partial charge in [0.1, 0.15) is 11.4 Å². The second-order valence-corrected chi connectivity index (χ2v) is 7.05. The largest absolute Gasteiger partial charge is 0.497 e. The number of benzene rings is 1. The molecule has 1 aromatic carbocycles. The van der Waals surface area contributed by atoms with Gasteiger partial charge in [0.15, 0.2) is 0 Å². The van der Waals surface area contributed by atoms with E-state index < -0.39 is 5.60 Å². The highest BCUT2D eigenvalue weighted by Gasteiger charge is 2.41. The van der Waals surface area contributed by atoms with E-state index in [2.05, 4.69) is 5.32 Å². The van der Waals surface area contributed by atoms with Crippen molar-refractivity contribution in [3.63, 3.8) is 0 Å². The standard InChI is InChI=1S/C18H28N2O3/c1-17(2,3)23-16(21)20(4)18(10-12-19-13-11-18)14-6-8-15(22-5)9-7-14/h6-9,19H,10-13H2,1-5H3. The van der Waals surface area contributed by atoms with Crippen LogP contribution in [0.3, 0.4) is 0 Å². The summed E-state index contributed by atoms with van der Waals surface area (Å²) in [6.07, 6.45) is 1.43. The van der Waals surface area contributed by atoms with Gasteiger partial charge in [-0.1, -0.05) is 12.1 Å². The quantitative estimate of drug-likeness (QED) is 0.929. The minimum Gasteiger partial charge on any atom is -0.497 e. The molecule has 1 N–H and O–H groups in total. The van der Waals surface area contributed by atoms with Crippen molar-refractivity contribution < 1.29 is 14.3 Å². The maximum atomic E-state index is 12.6. The van der Waals surface area contributed by atoms with Crippen LogP contribution in [-0.2, 0) is 10.3 Å². The Morgan fingerprint density at radius 2 is 1.74 bits per heavy atom. The number of nitrogens with zero attached hydrogens (tertiary/aromatic N) is 1. The molecular weight excluding hydrogens is 292 g/mol. The van der Waals surface area contributed by atoms with E-state index >= 15 is 0 Å². The molecule has 1 heterocycles. The minimum atomic E-state index is -0.501. The first kappa shape index (κ1) is 17.6. The van der Waals surface area contributed by atoms with Gasteiger partial charge in [-0.3, -0.25) is 0 Å². The predicted octanol–water partition coefficient (Wildman–Crippen LogP) is 3.14. The van der Waals surface area contributed by atoms with E-state index in [1.165, 1.54) is 0 Å². The molecule has 0 aromatic heterocycles. The Morgan fingerprint density at radius 1 is 1.17 bits per heavy atom. The SMILES string of the molecule is COc1ccc(C2(N(C)C(=O)OC(C)(C)C)CCNCC2)cc1. The van der Waals surface area contributed by atoms with E-state index in [1.807, 2.05) is 52.1 Å². The fourth-order valence-corrected chi connectivity index (χ4v) is 3.06. The zero-order chi connectivity index (χ0) is 17.1. The lowest BCUT2D eigenvalue weighted by atomic mass is 9.80. The molecule has 128 valence electrons. The molecule has 23 heavy (non-hydrogen) atoms. The number of carbonyl (C=O) groups is 1. The second kappa shape index (κ2) is 6.79. The fourth-order valence-electron chi connectivity index (χ4n) is 3.06. The van der Waals surface area contributed by atoms with Crippen LogP contribution in [0.4, 0.5) is 4.79 Å². The number of methoxy groups -OCH3 is 1. The van der Waals surface area contributed by atoms with Crippen LogP contribution in [0, 0.1) is 0 Å². The second-order valence-electron chi connectivity index (χ2n) is 7.05. The van der Waals surface area contributed by atoms with Crippen molar-refractivity contribution in [2.24, 2.45) is 0 Å². The monoisotopic (exact) mass is 320 g/mol. The van der Waals surface area contributed by atoms with Gasteiger partial charge in [-0.15, -0.1) is 0 Å². The number of hydrogen-bond donors (Lipinski definition) is 1. The van der Waals surface area contributed by atoms with Crippen LogP contribution < -0.4 is 10.1 Å². The van der Waals surface area contributed by atoms with Crippen molar-refractivity contribution in [1.29, 1.82) is 0 Å². The molecular formula is C18H28N2O3. The van der Waals surface area contributed by atoms with Crippen molar-refractivity contribution in [3.05, 3.63) is 29.8 Å². The number of nitrogens with one attached hydrogen (secondary N) is 1. The average Bonchev–Trinajstić information content (AvgIpc) is 2.53. The molecule has 0 spiro atoms. The Hall–Kier alpha value is -1.75. The molecule has 0 aliphatic carbocycles. The molecule has 1 aliphatic rings. The summed E-state index contributed by atoms with van der Waals surface area (Å²) in [5, 5.41) is 3.37. The third-order valence-corrected chi connectivity index (χ3v) is 4.37. The molecule has 0 atom stereocenters. The summed E-state index contributed by atoms with van der Waals surface area (Å²) in [4.78, 5) is 14.4. The van der Waals surface area contributed by atoms with Gasteiger partial charge in [0.2, 0.25) is 0 Å². The van der Waals surface area contributed by atoms with E-state index in [4.69, 9.17) is 9.47 Å². The van der Waals surface area contributed by atoms with Gasteiger partial charge in [0.05, 0.1) is 12.6 Å². The van der Waals surface area contributed by atoms with Crippen LogP contribution in [0.5, 0.6) is 5.75 Å². The van der Waals surface area contributed by atoms with Crippen LogP contribution in [0.25, 0.3) is 0 Å². The normalized spacial score (nSPS) is 17.4. The first-order valence-electron chi connectivity index (χ1n) is 8.10. The topological polar surface area (TPSA) is 50.8 Å². The Morgan fingerprint density at radius 3 is 2.22 bits per heavy atom. The molecule has 5 nitrogen and oxygen atoms in total. The summed E-state index contributed by atoms with van der Waals surface area (Å²) in [5.74, 6) is 0.817. The lowest BCUT2D eigenvalue weighted by Gasteiger charge is -2.45. The highest BCUT2D eigenvalue weighted by molar-refractivity contribution is 5.69. The fraction of sp³-hybridized carbons (Fsp3) is 0.611. The zero-order valence-corrected chi connectivity index (χ0v) is 14.8. The Bertz CT molecular complexity index is 528. The summed E-state index contributed by atoms with van der Waals surface area (Å²) in [7, 11) is 3.49. The van der Waals surface area contributed by atoms with Gasteiger partial charge in [-0.25, -0.2) is 4.79 Å². The third-order valence-electron chi connectivity index (χ3n) is 4.37. The van der Waals surface area contributed by atoms with Crippen molar-refractivity contribution in [2.75, 3.05) is 27.2 Å². The van der Waals surface area contributed by atoms with Gasteiger partial charge in [-0.05, 0) is 64.4 Å². The van der Waals surface area contributed by atoms with Crippen molar-refractivity contribution in [2.45, 2.75) is 44.8 Å². The van der Waals surface area contributed by atoms with Gasteiger partial charge < -0.3 is 19.7 Å². The lowest BCUT2D eigenvalue weighted by molar-refractivity contribution is -0.00369. The van der Waals surface area contributed by atoms with Crippen molar-refractivity contribution >= 4 is 6.09 Å². The first-order chi connectivity index (χ1) is 10.8. The van der Waals surface area contributed by atoms with Gasteiger partial charge in [0, 0.05) is 7.05 Å². The highest BCUT2D eigenvalue weighted by Crippen LogP contribution is 2.37. The van der Waals surface area contributed by atoms with Crippen molar-refractivity contribution in [1.82, 2.24) is 10.2 Å². The summed E-state index contributed by atoms with van der Waals surface area (Å²) in [5.41, 5.74) is 0.271. The maximum absolute atomic E-state index is 12.6. The molecule has 1 amide bonds. The number of rotatable bonds is 3. The molecule has 1 fully saturated rings. The average molecular weight is 320 g/mol. The molecule has 1 aliphatic heterocycles.